The molecule has 1 aromatic heterocycles. The Morgan fingerprint density at radius 1 is 1.35 bits per heavy atom. The minimum absolute atomic E-state index is 0.0544. The Morgan fingerprint density at radius 3 is 3.05 bits per heavy atom. The zero-order valence-corrected chi connectivity index (χ0v) is 11.6. The first-order valence-electron chi connectivity index (χ1n) is 7.14. The van der Waals surface area contributed by atoms with Crippen LogP contribution in [0.5, 0.6) is 0 Å². The van der Waals surface area contributed by atoms with Crippen LogP contribution < -0.4 is 10.6 Å². The van der Waals surface area contributed by atoms with Gasteiger partial charge >= 0.3 is 0 Å². The highest BCUT2D eigenvalue weighted by atomic mass is 16.2. The quantitative estimate of drug-likeness (QED) is 0.881. The number of benzene rings is 1. The molecule has 1 aliphatic heterocycles. The van der Waals surface area contributed by atoms with Gasteiger partial charge in [-0.25, -0.2) is 0 Å². The molecule has 1 unspecified atom stereocenters. The number of nitrogens with zero attached hydrogens (tertiary/aromatic N) is 1. The van der Waals surface area contributed by atoms with E-state index in [4.69, 9.17) is 0 Å². The topological polar surface area (TPSA) is 54.0 Å². The van der Waals surface area contributed by atoms with Gasteiger partial charge in [-0.3, -0.25) is 9.78 Å². The molecule has 2 aromatic rings. The summed E-state index contributed by atoms with van der Waals surface area (Å²) in [6, 6.07) is 7.78. The van der Waals surface area contributed by atoms with E-state index in [9.17, 15) is 4.79 Å². The fraction of sp³-hybridized carbons (Fsp3) is 0.375. The summed E-state index contributed by atoms with van der Waals surface area (Å²) >= 11 is 0. The van der Waals surface area contributed by atoms with E-state index in [0.717, 1.165) is 48.0 Å². The second-order valence-corrected chi connectivity index (χ2v) is 5.32. The van der Waals surface area contributed by atoms with Crippen molar-refractivity contribution in [1.82, 2.24) is 10.3 Å². The Balaban J connectivity index is 1.87. The Kier molecular flexibility index (Phi) is 3.65. The van der Waals surface area contributed by atoms with E-state index < -0.39 is 0 Å². The third kappa shape index (κ3) is 2.51. The summed E-state index contributed by atoms with van der Waals surface area (Å²) in [5.74, 6) is 0.0544. The molecule has 104 valence electrons. The summed E-state index contributed by atoms with van der Waals surface area (Å²) in [4.78, 5) is 16.7. The number of pyridine rings is 1. The molecule has 1 fully saturated rings. The molecule has 0 saturated carbocycles. The number of aryl methyl sites for hydroxylation is 1. The number of aromatic nitrogens is 1. The number of amides is 1. The number of carbonyl (C=O) groups is 1. The van der Waals surface area contributed by atoms with Crippen LogP contribution in [0.1, 0.15) is 24.8 Å². The summed E-state index contributed by atoms with van der Waals surface area (Å²) in [5, 5.41) is 7.31. The number of hydrogen-bond acceptors (Lipinski definition) is 3. The largest absolute Gasteiger partial charge is 0.324 e. The number of nitrogens with one attached hydrogen (secondary N) is 2. The lowest BCUT2D eigenvalue weighted by molar-refractivity contribution is -0.118. The second-order valence-electron chi connectivity index (χ2n) is 5.32. The lowest BCUT2D eigenvalue weighted by Gasteiger charge is -2.22. The fourth-order valence-electron chi connectivity index (χ4n) is 2.72. The molecule has 0 aliphatic carbocycles. The summed E-state index contributed by atoms with van der Waals surface area (Å²) in [5.41, 5.74) is 2.91. The molecule has 4 nitrogen and oxygen atoms in total. The van der Waals surface area contributed by atoms with Crippen LogP contribution in [-0.4, -0.2) is 23.5 Å². The van der Waals surface area contributed by atoms with Gasteiger partial charge in [0, 0.05) is 11.6 Å². The number of hydrogen-bond donors (Lipinski definition) is 2. The van der Waals surface area contributed by atoms with E-state index in [0.29, 0.717) is 0 Å². The standard InChI is InChI=1S/C16H19N3O/c1-11-7-8-13(12-5-4-10-18-15(11)12)19-16(20)14-6-2-3-9-17-14/h4-5,7-8,10,14,17H,2-3,6,9H2,1H3,(H,19,20). The van der Waals surface area contributed by atoms with E-state index in [1.807, 2.05) is 31.2 Å². The Labute approximate surface area is 118 Å². The van der Waals surface area contributed by atoms with Gasteiger partial charge in [0.2, 0.25) is 5.91 Å². The first kappa shape index (κ1) is 13.1. The first-order chi connectivity index (χ1) is 9.75. The SMILES string of the molecule is Cc1ccc(NC(=O)C2CCCCN2)c2cccnc12. The van der Waals surface area contributed by atoms with Crippen molar-refractivity contribution in [3.8, 4) is 0 Å². The molecule has 3 rings (SSSR count). The minimum atomic E-state index is -0.0724. The van der Waals surface area contributed by atoms with Crippen LogP contribution in [0.3, 0.4) is 0 Å². The fourth-order valence-corrected chi connectivity index (χ4v) is 2.72. The molecule has 2 heterocycles. The molecule has 1 aliphatic rings. The Hall–Kier alpha value is -1.94. The van der Waals surface area contributed by atoms with E-state index in [1.165, 1.54) is 0 Å². The average molecular weight is 269 g/mol. The summed E-state index contributed by atoms with van der Waals surface area (Å²) < 4.78 is 0. The number of piperidine rings is 1. The van der Waals surface area contributed by atoms with Crippen molar-refractivity contribution in [2.75, 3.05) is 11.9 Å². The van der Waals surface area contributed by atoms with Crippen LogP contribution in [0, 0.1) is 6.92 Å². The van der Waals surface area contributed by atoms with Gasteiger partial charge < -0.3 is 10.6 Å². The molecule has 0 bridgehead atoms. The first-order valence-corrected chi connectivity index (χ1v) is 7.14. The Bertz CT molecular complexity index is 633. The molecule has 0 spiro atoms. The maximum atomic E-state index is 12.3. The van der Waals surface area contributed by atoms with Crippen LogP contribution in [0.2, 0.25) is 0 Å². The van der Waals surface area contributed by atoms with E-state index in [-0.39, 0.29) is 11.9 Å². The third-order valence-electron chi connectivity index (χ3n) is 3.86. The van der Waals surface area contributed by atoms with Gasteiger partial charge in [0.15, 0.2) is 0 Å². The lowest BCUT2D eigenvalue weighted by Crippen LogP contribution is -2.43. The molecule has 0 radical (unpaired) electrons. The summed E-state index contributed by atoms with van der Waals surface area (Å²) in [7, 11) is 0. The molecular formula is C16H19N3O. The zero-order valence-electron chi connectivity index (χ0n) is 11.6. The highest BCUT2D eigenvalue weighted by Crippen LogP contribution is 2.25. The summed E-state index contributed by atoms with van der Waals surface area (Å²) in [6.45, 7) is 2.96. The van der Waals surface area contributed by atoms with Crippen molar-refractivity contribution in [1.29, 1.82) is 0 Å². The predicted octanol–water partition coefficient (Wildman–Crippen LogP) is 2.62. The number of rotatable bonds is 2. The number of anilines is 1. The van der Waals surface area contributed by atoms with Crippen LogP contribution in [-0.2, 0) is 4.79 Å². The monoisotopic (exact) mass is 269 g/mol. The summed E-state index contributed by atoms with van der Waals surface area (Å²) in [6.07, 6.45) is 4.96. The minimum Gasteiger partial charge on any atom is -0.324 e. The van der Waals surface area contributed by atoms with Crippen molar-refractivity contribution >= 4 is 22.5 Å². The molecule has 1 amide bonds. The highest BCUT2D eigenvalue weighted by Gasteiger charge is 2.21. The van der Waals surface area contributed by atoms with Crippen molar-refractivity contribution < 1.29 is 4.79 Å². The van der Waals surface area contributed by atoms with Crippen LogP contribution in [0.4, 0.5) is 5.69 Å². The molecule has 20 heavy (non-hydrogen) atoms. The molecule has 2 N–H and O–H groups in total. The van der Waals surface area contributed by atoms with Crippen LogP contribution in [0.25, 0.3) is 10.9 Å². The highest BCUT2D eigenvalue weighted by molar-refractivity contribution is 6.03. The van der Waals surface area contributed by atoms with Crippen LogP contribution >= 0.6 is 0 Å². The normalized spacial score (nSPS) is 18.9. The molecule has 1 aromatic carbocycles. The third-order valence-corrected chi connectivity index (χ3v) is 3.86. The molecule has 4 heteroatoms. The van der Waals surface area contributed by atoms with Crippen molar-refractivity contribution in [2.45, 2.75) is 32.2 Å². The zero-order chi connectivity index (χ0) is 13.9. The van der Waals surface area contributed by atoms with E-state index in [1.54, 1.807) is 6.20 Å². The van der Waals surface area contributed by atoms with E-state index >= 15 is 0 Å². The number of fused-ring (bicyclic) bond motifs is 1. The maximum Gasteiger partial charge on any atom is 0.241 e. The maximum absolute atomic E-state index is 12.3. The second kappa shape index (κ2) is 5.59. The van der Waals surface area contributed by atoms with Gasteiger partial charge in [-0.05, 0) is 50.1 Å². The van der Waals surface area contributed by atoms with Gasteiger partial charge in [-0.1, -0.05) is 12.5 Å². The molecule has 1 saturated heterocycles. The van der Waals surface area contributed by atoms with Crippen molar-refractivity contribution in [2.24, 2.45) is 0 Å². The lowest BCUT2D eigenvalue weighted by atomic mass is 10.0. The smallest absolute Gasteiger partial charge is 0.241 e. The van der Waals surface area contributed by atoms with Gasteiger partial charge in [-0.15, -0.1) is 0 Å². The average Bonchev–Trinajstić information content (AvgIpc) is 2.51. The van der Waals surface area contributed by atoms with Crippen molar-refractivity contribution in [3.05, 3.63) is 36.0 Å². The molecule has 1 atom stereocenters. The van der Waals surface area contributed by atoms with Gasteiger partial charge in [-0.2, -0.15) is 0 Å². The predicted molar refractivity (Wildman–Crippen MR) is 80.8 cm³/mol. The van der Waals surface area contributed by atoms with Gasteiger partial charge in [0.25, 0.3) is 0 Å². The number of carbonyl (C=O) groups excluding carboxylic acids is 1. The van der Waals surface area contributed by atoms with E-state index in [2.05, 4.69) is 15.6 Å². The van der Waals surface area contributed by atoms with Crippen LogP contribution in [0.15, 0.2) is 30.5 Å². The Morgan fingerprint density at radius 2 is 2.25 bits per heavy atom. The van der Waals surface area contributed by atoms with Crippen molar-refractivity contribution in [3.63, 3.8) is 0 Å². The molecular weight excluding hydrogens is 250 g/mol. The van der Waals surface area contributed by atoms with Gasteiger partial charge in [0.05, 0.1) is 17.2 Å². The van der Waals surface area contributed by atoms with Gasteiger partial charge in [0.1, 0.15) is 0 Å².